The fraction of sp³-hybridized carbons (Fsp3) is 0.526. The summed E-state index contributed by atoms with van der Waals surface area (Å²) in [4.78, 5) is 2.42. The molecule has 5 nitrogen and oxygen atoms in total. The lowest BCUT2D eigenvalue weighted by atomic mass is 9.98. The number of hydrogen-bond donors (Lipinski definition) is 1. The molecule has 0 aliphatic carbocycles. The Bertz CT molecular complexity index is 632. The van der Waals surface area contributed by atoms with Crippen molar-refractivity contribution in [2.45, 2.75) is 39.8 Å². The van der Waals surface area contributed by atoms with Crippen LogP contribution in [0.2, 0.25) is 0 Å². The third-order valence-electron chi connectivity index (χ3n) is 4.76. The van der Waals surface area contributed by atoms with E-state index in [4.69, 9.17) is 9.26 Å². The lowest BCUT2D eigenvalue weighted by molar-refractivity contribution is 0.116. The Morgan fingerprint density at radius 1 is 1.29 bits per heavy atom. The summed E-state index contributed by atoms with van der Waals surface area (Å²) in [7, 11) is 0. The number of aromatic nitrogens is 1. The van der Waals surface area contributed by atoms with Crippen LogP contribution in [0.4, 0.5) is 0 Å². The highest BCUT2D eigenvalue weighted by atomic mass is 16.5. The molecule has 24 heavy (non-hydrogen) atoms. The summed E-state index contributed by atoms with van der Waals surface area (Å²) in [6.45, 7) is 7.63. The van der Waals surface area contributed by atoms with E-state index >= 15 is 0 Å². The molecule has 0 spiro atoms. The minimum absolute atomic E-state index is 0.297. The van der Waals surface area contributed by atoms with Crippen molar-refractivity contribution >= 4 is 0 Å². The second-order valence-corrected chi connectivity index (χ2v) is 6.66. The van der Waals surface area contributed by atoms with Crippen LogP contribution < -0.4 is 4.74 Å². The van der Waals surface area contributed by atoms with Crippen LogP contribution in [0.15, 0.2) is 28.8 Å². The molecule has 0 radical (unpaired) electrons. The van der Waals surface area contributed by atoms with Gasteiger partial charge in [0, 0.05) is 19.7 Å². The number of aliphatic hydroxyl groups excluding tert-OH is 1. The quantitative estimate of drug-likeness (QED) is 0.882. The Morgan fingerprint density at radius 2 is 2.08 bits per heavy atom. The van der Waals surface area contributed by atoms with Crippen molar-refractivity contribution in [1.29, 1.82) is 0 Å². The number of aryl methyl sites for hydroxylation is 2. The van der Waals surface area contributed by atoms with Gasteiger partial charge in [0.05, 0.1) is 11.3 Å². The highest BCUT2D eigenvalue weighted by Gasteiger charge is 2.19. The SMILES string of the molecule is Cc1noc(C)c1COc1ccc(CN2CCCC(CO)C2)cc1. The Balaban J connectivity index is 1.53. The van der Waals surface area contributed by atoms with E-state index < -0.39 is 0 Å². The van der Waals surface area contributed by atoms with E-state index in [0.29, 0.717) is 19.1 Å². The molecule has 5 heteroatoms. The number of nitrogens with zero attached hydrogens (tertiary/aromatic N) is 2. The summed E-state index contributed by atoms with van der Waals surface area (Å²) < 4.78 is 11.0. The first kappa shape index (κ1) is 17.0. The van der Waals surface area contributed by atoms with Crippen molar-refractivity contribution < 1.29 is 14.4 Å². The first-order valence-electron chi connectivity index (χ1n) is 8.62. The van der Waals surface area contributed by atoms with Crippen molar-refractivity contribution in [3.05, 3.63) is 46.8 Å². The molecule has 1 aliphatic heterocycles. The predicted molar refractivity (Wildman–Crippen MR) is 91.8 cm³/mol. The van der Waals surface area contributed by atoms with Gasteiger partial charge in [-0.25, -0.2) is 0 Å². The fourth-order valence-corrected chi connectivity index (χ4v) is 3.26. The number of likely N-dealkylation sites (tertiary alicyclic amines) is 1. The van der Waals surface area contributed by atoms with Gasteiger partial charge in [0.15, 0.2) is 0 Å². The normalized spacial score (nSPS) is 18.7. The topological polar surface area (TPSA) is 58.7 Å². The summed E-state index contributed by atoms with van der Waals surface area (Å²) in [6.07, 6.45) is 2.31. The van der Waals surface area contributed by atoms with Crippen molar-refractivity contribution in [2.24, 2.45) is 5.92 Å². The summed E-state index contributed by atoms with van der Waals surface area (Å²) in [5.41, 5.74) is 3.17. The molecular formula is C19H26N2O3. The van der Waals surface area contributed by atoms with Gasteiger partial charge in [-0.2, -0.15) is 0 Å². The minimum Gasteiger partial charge on any atom is -0.489 e. The summed E-state index contributed by atoms with van der Waals surface area (Å²) in [5, 5.41) is 13.3. The highest BCUT2D eigenvalue weighted by Crippen LogP contribution is 2.21. The van der Waals surface area contributed by atoms with Crippen LogP contribution >= 0.6 is 0 Å². The van der Waals surface area contributed by atoms with Gasteiger partial charge < -0.3 is 14.4 Å². The molecule has 130 valence electrons. The average molecular weight is 330 g/mol. The zero-order chi connectivity index (χ0) is 16.9. The number of hydrogen-bond acceptors (Lipinski definition) is 5. The van der Waals surface area contributed by atoms with Gasteiger partial charge in [0.1, 0.15) is 18.1 Å². The van der Waals surface area contributed by atoms with E-state index in [2.05, 4.69) is 22.2 Å². The molecule has 1 fully saturated rings. The molecule has 1 atom stereocenters. The predicted octanol–water partition coefficient (Wildman–Crippen LogP) is 3.07. The second-order valence-electron chi connectivity index (χ2n) is 6.66. The van der Waals surface area contributed by atoms with Crippen LogP contribution in [0.3, 0.4) is 0 Å². The molecule has 1 unspecified atom stereocenters. The molecule has 0 bridgehead atoms. The minimum atomic E-state index is 0.297. The zero-order valence-corrected chi connectivity index (χ0v) is 14.5. The van der Waals surface area contributed by atoms with Gasteiger partial charge in [0.25, 0.3) is 0 Å². The lowest BCUT2D eigenvalue weighted by Crippen LogP contribution is -2.36. The van der Waals surface area contributed by atoms with Crippen LogP contribution in [0.1, 0.15) is 35.4 Å². The maximum atomic E-state index is 9.33. The van der Waals surface area contributed by atoms with Crippen molar-refractivity contribution in [2.75, 3.05) is 19.7 Å². The Kier molecular flexibility index (Phi) is 5.53. The summed E-state index contributed by atoms with van der Waals surface area (Å²) >= 11 is 0. The van der Waals surface area contributed by atoms with E-state index in [9.17, 15) is 5.11 Å². The van der Waals surface area contributed by atoms with Crippen LogP contribution in [-0.4, -0.2) is 34.9 Å². The molecule has 1 N–H and O–H groups in total. The summed E-state index contributed by atoms with van der Waals surface area (Å²) in [5.74, 6) is 2.09. The Hall–Kier alpha value is -1.85. The van der Waals surface area contributed by atoms with E-state index in [1.807, 2.05) is 26.0 Å². The summed E-state index contributed by atoms with van der Waals surface area (Å²) in [6, 6.07) is 8.26. The molecule has 2 aromatic rings. The van der Waals surface area contributed by atoms with Crippen LogP contribution in [0, 0.1) is 19.8 Å². The van der Waals surface area contributed by atoms with Crippen molar-refractivity contribution in [3.63, 3.8) is 0 Å². The first-order valence-corrected chi connectivity index (χ1v) is 8.62. The van der Waals surface area contributed by atoms with Crippen LogP contribution in [0.25, 0.3) is 0 Å². The van der Waals surface area contributed by atoms with E-state index in [1.165, 1.54) is 12.0 Å². The Morgan fingerprint density at radius 3 is 2.75 bits per heavy atom. The smallest absolute Gasteiger partial charge is 0.140 e. The molecule has 3 rings (SSSR count). The van der Waals surface area contributed by atoms with Crippen molar-refractivity contribution in [3.8, 4) is 5.75 Å². The van der Waals surface area contributed by atoms with Gasteiger partial charge in [-0.3, -0.25) is 4.90 Å². The number of rotatable bonds is 6. The first-order chi connectivity index (χ1) is 11.7. The van der Waals surface area contributed by atoms with E-state index in [1.54, 1.807) is 0 Å². The molecule has 1 aromatic heterocycles. The molecule has 0 amide bonds. The maximum Gasteiger partial charge on any atom is 0.140 e. The molecule has 2 heterocycles. The molecule has 0 saturated carbocycles. The number of aliphatic hydroxyl groups is 1. The van der Waals surface area contributed by atoms with E-state index in [0.717, 1.165) is 48.8 Å². The van der Waals surface area contributed by atoms with Crippen LogP contribution in [-0.2, 0) is 13.2 Å². The molecule has 1 aromatic carbocycles. The van der Waals surface area contributed by atoms with Crippen molar-refractivity contribution in [1.82, 2.24) is 10.1 Å². The third kappa shape index (κ3) is 4.16. The third-order valence-corrected chi connectivity index (χ3v) is 4.76. The van der Waals surface area contributed by atoms with Gasteiger partial charge in [0.2, 0.25) is 0 Å². The van der Waals surface area contributed by atoms with Gasteiger partial charge in [-0.05, 0) is 56.8 Å². The Labute approximate surface area is 143 Å². The number of benzene rings is 1. The second kappa shape index (κ2) is 7.81. The highest BCUT2D eigenvalue weighted by molar-refractivity contribution is 5.28. The molecule has 1 saturated heterocycles. The zero-order valence-electron chi connectivity index (χ0n) is 14.5. The number of piperidine rings is 1. The van der Waals surface area contributed by atoms with Gasteiger partial charge in [-0.15, -0.1) is 0 Å². The fourth-order valence-electron chi connectivity index (χ4n) is 3.26. The maximum absolute atomic E-state index is 9.33. The van der Waals surface area contributed by atoms with E-state index in [-0.39, 0.29) is 0 Å². The largest absolute Gasteiger partial charge is 0.489 e. The molecule has 1 aliphatic rings. The monoisotopic (exact) mass is 330 g/mol. The molecular weight excluding hydrogens is 304 g/mol. The van der Waals surface area contributed by atoms with Gasteiger partial charge >= 0.3 is 0 Å². The average Bonchev–Trinajstić information content (AvgIpc) is 2.93. The lowest BCUT2D eigenvalue weighted by Gasteiger charge is -2.31. The van der Waals surface area contributed by atoms with Crippen LogP contribution in [0.5, 0.6) is 5.75 Å². The number of ether oxygens (including phenoxy) is 1. The standard InChI is InChI=1S/C19H26N2O3/c1-14-19(15(2)24-20-14)13-23-18-7-5-16(6-8-18)10-21-9-3-4-17(11-21)12-22/h5-8,17,22H,3-4,9-13H2,1-2H3. The van der Waals surface area contributed by atoms with Gasteiger partial charge in [-0.1, -0.05) is 17.3 Å².